The third-order valence-electron chi connectivity index (χ3n) is 5.15. The molecule has 4 rings (SSSR count). The Bertz CT molecular complexity index is 822. The highest BCUT2D eigenvalue weighted by Crippen LogP contribution is 2.24. The molecular formula is C19H22N4O3. The second kappa shape index (κ2) is 6.82. The molecule has 1 aromatic carbocycles. The Kier molecular flexibility index (Phi) is 4.36. The van der Waals surface area contributed by atoms with Gasteiger partial charge in [-0.15, -0.1) is 0 Å². The monoisotopic (exact) mass is 354 g/mol. The van der Waals surface area contributed by atoms with Gasteiger partial charge in [0.1, 0.15) is 5.75 Å². The van der Waals surface area contributed by atoms with E-state index in [0.717, 1.165) is 42.9 Å². The fraction of sp³-hybridized carbons (Fsp3) is 0.421. The summed E-state index contributed by atoms with van der Waals surface area (Å²) in [4.78, 5) is 29.2. The van der Waals surface area contributed by atoms with Gasteiger partial charge in [0.15, 0.2) is 5.69 Å². The second-order valence-electron chi connectivity index (χ2n) is 6.73. The molecule has 0 spiro atoms. The second-order valence-corrected chi connectivity index (χ2v) is 6.73. The normalized spacial score (nSPS) is 16.5. The quantitative estimate of drug-likeness (QED) is 0.912. The summed E-state index contributed by atoms with van der Waals surface area (Å²) < 4.78 is 5.14. The van der Waals surface area contributed by atoms with Gasteiger partial charge >= 0.3 is 0 Å². The van der Waals surface area contributed by atoms with Gasteiger partial charge in [-0.05, 0) is 37.1 Å². The van der Waals surface area contributed by atoms with Crippen LogP contribution in [-0.4, -0.2) is 58.6 Å². The minimum Gasteiger partial charge on any atom is -0.497 e. The maximum atomic E-state index is 12.8. The first-order chi connectivity index (χ1) is 12.7. The summed E-state index contributed by atoms with van der Waals surface area (Å²) in [7, 11) is 1.60. The van der Waals surface area contributed by atoms with Gasteiger partial charge in [0, 0.05) is 42.9 Å². The lowest BCUT2D eigenvalue weighted by atomic mass is 10.0. The summed E-state index contributed by atoms with van der Waals surface area (Å²) in [5.74, 6) is 0.647. The largest absolute Gasteiger partial charge is 0.497 e. The molecule has 2 aliphatic rings. The van der Waals surface area contributed by atoms with Gasteiger partial charge in [0.25, 0.3) is 11.8 Å². The minimum atomic E-state index is -0.0425. The lowest BCUT2D eigenvalue weighted by molar-refractivity contribution is 0.0722. The van der Waals surface area contributed by atoms with E-state index >= 15 is 0 Å². The molecular weight excluding hydrogens is 332 g/mol. The van der Waals surface area contributed by atoms with Crippen molar-refractivity contribution in [2.24, 2.45) is 0 Å². The molecule has 1 N–H and O–H groups in total. The molecule has 2 aliphatic heterocycles. The average Bonchev–Trinajstić information content (AvgIpc) is 3.36. The first-order valence-corrected chi connectivity index (χ1v) is 8.96. The molecule has 0 radical (unpaired) electrons. The Labute approximate surface area is 151 Å². The number of amides is 2. The molecule has 7 heteroatoms. The lowest BCUT2D eigenvalue weighted by Crippen LogP contribution is -2.37. The maximum absolute atomic E-state index is 12.8. The predicted molar refractivity (Wildman–Crippen MR) is 95.2 cm³/mol. The number of hydrogen-bond acceptors (Lipinski definition) is 4. The minimum absolute atomic E-state index is 0.0289. The molecule has 1 aromatic heterocycles. The molecule has 2 aromatic rings. The van der Waals surface area contributed by atoms with Crippen LogP contribution in [0.4, 0.5) is 0 Å². The van der Waals surface area contributed by atoms with E-state index in [2.05, 4.69) is 10.2 Å². The van der Waals surface area contributed by atoms with Crippen LogP contribution in [0.3, 0.4) is 0 Å². The number of likely N-dealkylation sites (tertiary alicyclic amines) is 1. The van der Waals surface area contributed by atoms with Gasteiger partial charge in [-0.2, -0.15) is 5.10 Å². The summed E-state index contributed by atoms with van der Waals surface area (Å²) in [5, 5.41) is 7.25. The number of hydrogen-bond donors (Lipinski definition) is 1. The van der Waals surface area contributed by atoms with Crippen molar-refractivity contribution >= 4 is 11.8 Å². The summed E-state index contributed by atoms with van der Waals surface area (Å²) >= 11 is 0. The fourth-order valence-corrected chi connectivity index (χ4v) is 3.63. The Morgan fingerprint density at radius 1 is 1.04 bits per heavy atom. The van der Waals surface area contributed by atoms with E-state index in [-0.39, 0.29) is 11.8 Å². The van der Waals surface area contributed by atoms with Crippen LogP contribution in [0.25, 0.3) is 0 Å². The summed E-state index contributed by atoms with van der Waals surface area (Å²) in [6.07, 6.45) is 2.76. The molecule has 26 heavy (non-hydrogen) atoms. The molecule has 3 heterocycles. The molecule has 0 atom stereocenters. The zero-order valence-electron chi connectivity index (χ0n) is 14.8. The number of ether oxygens (including phenoxy) is 1. The number of aromatic nitrogens is 2. The maximum Gasteiger partial charge on any atom is 0.274 e. The SMILES string of the molecule is COc1ccc(C(=O)N2CCc3[nH]nc(C(=O)N4CCCC4)c3C2)cc1. The first kappa shape index (κ1) is 16.6. The van der Waals surface area contributed by atoms with Crippen LogP contribution in [0.5, 0.6) is 5.75 Å². The first-order valence-electron chi connectivity index (χ1n) is 8.96. The number of aromatic amines is 1. The Morgan fingerprint density at radius 2 is 1.77 bits per heavy atom. The number of carbonyl (C=O) groups is 2. The van der Waals surface area contributed by atoms with E-state index in [1.807, 2.05) is 4.90 Å². The molecule has 1 fully saturated rings. The van der Waals surface area contributed by atoms with Crippen LogP contribution in [0.15, 0.2) is 24.3 Å². The van der Waals surface area contributed by atoms with Gasteiger partial charge in [-0.3, -0.25) is 14.7 Å². The van der Waals surface area contributed by atoms with Crippen molar-refractivity contribution in [3.63, 3.8) is 0 Å². The van der Waals surface area contributed by atoms with Crippen molar-refractivity contribution in [1.82, 2.24) is 20.0 Å². The van der Waals surface area contributed by atoms with Crippen molar-refractivity contribution in [3.05, 3.63) is 46.8 Å². The summed E-state index contributed by atoms with van der Waals surface area (Å²) in [6.45, 7) is 2.59. The number of nitrogens with one attached hydrogen (secondary N) is 1. The standard InChI is InChI=1S/C19H22N4O3/c1-26-14-6-4-13(5-7-14)18(24)23-11-8-16-15(12-23)17(21-20-16)19(25)22-9-2-3-10-22/h4-7H,2-3,8-12H2,1H3,(H,20,21). The number of nitrogens with zero attached hydrogens (tertiary/aromatic N) is 3. The highest BCUT2D eigenvalue weighted by atomic mass is 16.5. The number of rotatable bonds is 3. The molecule has 2 amide bonds. The Hall–Kier alpha value is -2.83. The van der Waals surface area contributed by atoms with Crippen molar-refractivity contribution in [2.75, 3.05) is 26.7 Å². The van der Waals surface area contributed by atoms with E-state index in [9.17, 15) is 9.59 Å². The van der Waals surface area contributed by atoms with Gasteiger partial charge in [-0.1, -0.05) is 0 Å². The molecule has 0 bridgehead atoms. The van der Waals surface area contributed by atoms with Crippen molar-refractivity contribution in [2.45, 2.75) is 25.8 Å². The van der Waals surface area contributed by atoms with Gasteiger partial charge in [0.2, 0.25) is 0 Å². The predicted octanol–water partition coefficient (Wildman–Crippen LogP) is 1.85. The Balaban J connectivity index is 1.54. The molecule has 1 saturated heterocycles. The van der Waals surface area contributed by atoms with E-state index in [1.165, 1.54) is 0 Å². The molecule has 7 nitrogen and oxygen atoms in total. The van der Waals surface area contributed by atoms with Crippen molar-refractivity contribution in [3.8, 4) is 5.75 Å². The Morgan fingerprint density at radius 3 is 2.46 bits per heavy atom. The number of methoxy groups -OCH3 is 1. The van der Waals surface area contributed by atoms with Gasteiger partial charge in [-0.25, -0.2) is 0 Å². The smallest absolute Gasteiger partial charge is 0.274 e. The molecule has 136 valence electrons. The molecule has 0 unspecified atom stereocenters. The van der Waals surface area contributed by atoms with E-state index < -0.39 is 0 Å². The highest BCUT2D eigenvalue weighted by Gasteiger charge is 2.31. The van der Waals surface area contributed by atoms with Crippen LogP contribution >= 0.6 is 0 Å². The zero-order chi connectivity index (χ0) is 18.1. The van der Waals surface area contributed by atoms with Crippen LogP contribution in [0.2, 0.25) is 0 Å². The molecule has 0 aliphatic carbocycles. The van der Waals surface area contributed by atoms with Crippen molar-refractivity contribution < 1.29 is 14.3 Å². The van der Waals surface area contributed by atoms with Gasteiger partial charge < -0.3 is 14.5 Å². The number of carbonyl (C=O) groups excluding carboxylic acids is 2. The highest BCUT2D eigenvalue weighted by molar-refractivity contribution is 5.96. The third-order valence-corrected chi connectivity index (χ3v) is 5.15. The zero-order valence-corrected chi connectivity index (χ0v) is 14.8. The van der Waals surface area contributed by atoms with E-state index in [0.29, 0.717) is 30.8 Å². The molecule has 0 saturated carbocycles. The average molecular weight is 354 g/mol. The topological polar surface area (TPSA) is 78.5 Å². The lowest BCUT2D eigenvalue weighted by Gasteiger charge is -2.27. The number of H-pyrrole nitrogens is 1. The number of benzene rings is 1. The number of fused-ring (bicyclic) bond motifs is 1. The third kappa shape index (κ3) is 2.94. The van der Waals surface area contributed by atoms with Crippen molar-refractivity contribution in [1.29, 1.82) is 0 Å². The van der Waals surface area contributed by atoms with Crippen LogP contribution in [0, 0.1) is 0 Å². The van der Waals surface area contributed by atoms with E-state index in [4.69, 9.17) is 4.74 Å². The van der Waals surface area contributed by atoms with Crippen LogP contribution < -0.4 is 4.74 Å². The van der Waals surface area contributed by atoms with Crippen LogP contribution in [-0.2, 0) is 13.0 Å². The fourth-order valence-electron chi connectivity index (χ4n) is 3.63. The van der Waals surface area contributed by atoms with Crippen LogP contribution in [0.1, 0.15) is 44.9 Å². The van der Waals surface area contributed by atoms with Gasteiger partial charge in [0.05, 0.1) is 13.7 Å². The summed E-state index contributed by atoms with van der Waals surface area (Å²) in [6, 6.07) is 7.09. The van der Waals surface area contributed by atoms with E-state index in [1.54, 1.807) is 36.3 Å². The summed E-state index contributed by atoms with van der Waals surface area (Å²) in [5.41, 5.74) is 2.90.